The molecule has 15 heteroatoms. The van der Waals surface area contributed by atoms with E-state index in [9.17, 15) is 14.4 Å². The van der Waals surface area contributed by atoms with Crippen molar-refractivity contribution in [1.29, 1.82) is 0 Å². The van der Waals surface area contributed by atoms with Crippen molar-refractivity contribution in [1.82, 2.24) is 0 Å². The third-order valence-electron chi connectivity index (χ3n) is 1.29. The van der Waals surface area contributed by atoms with Gasteiger partial charge in [0, 0.05) is 0 Å². The number of aliphatic hydroxyl groups is 1. The minimum Gasteiger partial charge on any atom is -1.00 e. The largest absolute Gasteiger partial charge is 1.00 e. The van der Waals surface area contributed by atoms with E-state index >= 15 is 0 Å². The van der Waals surface area contributed by atoms with E-state index in [1.807, 2.05) is 0 Å². The minimum absolute atomic E-state index is 0. The molecule has 0 spiro atoms. The second-order valence-corrected chi connectivity index (χ2v) is 2.48. The maximum Gasteiger partial charge on any atom is 1.00 e. The molecule has 0 aliphatic heterocycles. The number of rotatable bonds is 5. The normalized spacial score (nSPS) is 6.71. The molecule has 0 aromatic heterocycles. The third kappa shape index (κ3) is 24.5. The Hall–Kier alpha value is -0.910. The van der Waals surface area contributed by atoms with Crippen molar-refractivity contribution in [2.75, 3.05) is 0 Å². The van der Waals surface area contributed by atoms with Gasteiger partial charge in [-0.2, -0.15) is 0 Å². The Balaban J connectivity index is -0.0000000200. The van der Waals surface area contributed by atoms with Gasteiger partial charge in [0.15, 0.2) is 5.60 Å². The average Bonchev–Trinajstić information content (AvgIpc) is 1.82. The molecule has 0 aliphatic rings. The monoisotopic (exact) mass is 342 g/mol. The number of carbonyl (C=O) groups is 3. The van der Waals surface area contributed by atoms with Crippen LogP contribution in [0, 0.1) is 0 Å². The smallest absolute Gasteiger partial charge is 1.00 e. The van der Waals surface area contributed by atoms with Gasteiger partial charge in [-0.25, -0.2) is 4.79 Å². The molecule has 0 saturated heterocycles. The van der Waals surface area contributed by atoms with Gasteiger partial charge >= 0.3 is 47.5 Å². The van der Waals surface area contributed by atoms with Crippen molar-refractivity contribution < 1.29 is 104 Å². The van der Waals surface area contributed by atoms with Gasteiger partial charge in [-0.05, 0) is 0 Å². The summed E-state index contributed by atoms with van der Waals surface area (Å²) in [6.07, 6.45) is -2.29. The summed E-state index contributed by atoms with van der Waals surface area (Å²) in [4.78, 5) is 30.5. The zero-order chi connectivity index (χ0) is 10.6. The zero-order valence-electron chi connectivity index (χ0n) is 11.9. The van der Waals surface area contributed by atoms with E-state index < -0.39 is 36.4 Å². The maximum absolute atomic E-state index is 10.3. The molecule has 0 aromatic carbocycles. The van der Waals surface area contributed by atoms with Crippen molar-refractivity contribution in [3.05, 3.63) is 0 Å². The zero-order valence-corrected chi connectivity index (χ0v) is 12.9. The fourth-order valence-corrected chi connectivity index (χ4v) is 0.714. The molecule has 0 radical (unpaired) electrons. The van der Waals surface area contributed by atoms with Gasteiger partial charge in [0.1, 0.15) is 0 Å². The van der Waals surface area contributed by atoms with Crippen LogP contribution in [0.15, 0.2) is 0 Å². The molecule has 0 atom stereocenters. The molecular weight excluding hydrogens is 319 g/mol. The summed E-state index contributed by atoms with van der Waals surface area (Å²) >= 11 is 0. The van der Waals surface area contributed by atoms with E-state index in [-0.39, 0.29) is 69.3 Å². The summed E-state index contributed by atoms with van der Waals surface area (Å²) in [6.45, 7) is 0. The van der Waals surface area contributed by atoms with Crippen molar-refractivity contribution in [3.63, 3.8) is 0 Å². The number of carboxylic acid groups (broad SMARTS) is 3. The summed E-state index contributed by atoms with van der Waals surface area (Å²) in [5.74, 6) is -5.02. The Morgan fingerprint density at radius 3 is 1.00 bits per heavy atom. The van der Waals surface area contributed by atoms with E-state index in [0.717, 1.165) is 0 Å². The molecule has 0 bridgehead atoms. The predicted octanol–water partition coefficient (Wildman–Crippen LogP) is -9.90. The quantitative estimate of drug-likeness (QED) is 0.348. The van der Waals surface area contributed by atoms with Crippen molar-refractivity contribution >= 4 is 17.9 Å². The van der Waals surface area contributed by atoms with Crippen molar-refractivity contribution in [2.45, 2.75) is 18.4 Å². The van der Waals surface area contributed by atoms with Crippen LogP contribution >= 0.6 is 0 Å². The Kier molecular flexibility index (Phi) is 68.4. The van der Waals surface area contributed by atoms with E-state index in [1.165, 1.54) is 0 Å². The van der Waals surface area contributed by atoms with Crippen LogP contribution in [0.1, 0.15) is 14.3 Å². The molecule has 0 fully saturated rings. The topological polar surface area (TPSA) is 353 Å². The predicted molar refractivity (Wildman–Crippen MR) is 63.5 cm³/mol. The molecular formula is C6H23NaO14. The molecule has 0 heterocycles. The second-order valence-electron chi connectivity index (χ2n) is 2.48. The summed E-state index contributed by atoms with van der Waals surface area (Å²) in [6, 6.07) is 0. The Morgan fingerprint density at radius 1 is 0.714 bits per heavy atom. The molecule has 0 unspecified atom stereocenters. The van der Waals surface area contributed by atoms with E-state index in [1.54, 1.807) is 0 Å². The second kappa shape index (κ2) is 24.1. The molecule has 0 rings (SSSR count). The van der Waals surface area contributed by atoms with Crippen LogP contribution in [0.2, 0.25) is 0 Å². The maximum atomic E-state index is 10.3. The summed E-state index contributed by atoms with van der Waals surface area (Å²) < 4.78 is 0. The van der Waals surface area contributed by atoms with Crippen LogP contribution < -0.4 is 29.6 Å². The summed E-state index contributed by atoms with van der Waals surface area (Å²) in [5.41, 5.74) is -2.74. The molecule has 14 nitrogen and oxygen atoms in total. The molecule has 0 aromatic rings. The van der Waals surface area contributed by atoms with Gasteiger partial charge in [-0.1, -0.05) is 0 Å². The van der Waals surface area contributed by atoms with Gasteiger partial charge < -0.3 is 60.2 Å². The number of carboxylic acids is 3. The van der Waals surface area contributed by atoms with Gasteiger partial charge in [0.25, 0.3) is 0 Å². The number of aliphatic carboxylic acids is 3. The fourth-order valence-electron chi connectivity index (χ4n) is 0.714. The van der Waals surface area contributed by atoms with E-state index in [0.29, 0.717) is 0 Å². The first kappa shape index (κ1) is 59.5. The van der Waals surface area contributed by atoms with Crippen LogP contribution in [0.5, 0.6) is 0 Å². The fraction of sp³-hybridized carbons (Fsp3) is 0.500. The molecule has 21 heavy (non-hydrogen) atoms. The third-order valence-corrected chi connectivity index (χ3v) is 1.29. The number of hydrogen-bond donors (Lipinski definition) is 4. The molecule has 132 valence electrons. The number of hydrogen-bond acceptors (Lipinski definition) is 4. The van der Waals surface area contributed by atoms with Crippen LogP contribution in [0.25, 0.3) is 0 Å². The average molecular weight is 342 g/mol. The Labute approximate surface area is 140 Å². The first-order valence-corrected chi connectivity index (χ1v) is 3.17. The molecule has 18 N–H and O–H groups in total. The van der Waals surface area contributed by atoms with Crippen LogP contribution in [0.3, 0.4) is 0 Å². The summed E-state index contributed by atoms with van der Waals surface area (Å²) in [7, 11) is 0. The summed E-state index contributed by atoms with van der Waals surface area (Å²) in [5, 5.41) is 33.8. The minimum atomic E-state index is -2.74. The molecule has 0 saturated carbocycles. The first-order valence-electron chi connectivity index (χ1n) is 3.17. The molecule has 0 aliphatic carbocycles. The van der Waals surface area contributed by atoms with E-state index in [2.05, 4.69) is 0 Å². The Bertz CT molecular complexity index is 244. The van der Waals surface area contributed by atoms with Crippen LogP contribution in [-0.4, -0.2) is 82.3 Å². The van der Waals surface area contributed by atoms with Gasteiger partial charge in [0.05, 0.1) is 12.8 Å². The van der Waals surface area contributed by atoms with Gasteiger partial charge in [-0.3, -0.25) is 9.59 Å². The van der Waals surface area contributed by atoms with E-state index in [4.69, 9.17) is 20.4 Å². The van der Waals surface area contributed by atoms with Gasteiger partial charge in [-0.15, -0.1) is 0 Å². The SMILES string of the molecule is O.O.O.O.O.O.O.O=C(O)CC(O)(CC(=O)O)C(=O)O.[H-].[Na+]. The van der Waals surface area contributed by atoms with Gasteiger partial charge in [0.2, 0.25) is 0 Å². The Morgan fingerprint density at radius 2 is 0.905 bits per heavy atom. The van der Waals surface area contributed by atoms with Crippen molar-refractivity contribution in [3.8, 4) is 0 Å². The molecule has 0 amide bonds. The van der Waals surface area contributed by atoms with Crippen LogP contribution in [-0.2, 0) is 14.4 Å². The van der Waals surface area contributed by atoms with Crippen molar-refractivity contribution in [2.24, 2.45) is 0 Å². The van der Waals surface area contributed by atoms with Crippen LogP contribution in [0.4, 0.5) is 0 Å². The first-order chi connectivity index (χ1) is 5.78. The standard InChI is InChI=1S/C6H8O7.Na.7H2O.H/c7-3(8)1-6(13,5(11)12)2-4(9)10;;;;;;;;;/h13H,1-2H2,(H,7,8)(H,9,10)(H,11,12);;7*1H2;/q;+1;;;;;;;;-1.